The van der Waals surface area contributed by atoms with Gasteiger partial charge < -0.3 is 18.7 Å². The molecule has 0 N–H and O–H groups in total. The van der Waals surface area contributed by atoms with Crippen LogP contribution in [0.3, 0.4) is 0 Å². The topological polar surface area (TPSA) is 82.5 Å². The van der Waals surface area contributed by atoms with Crippen LogP contribution in [0.1, 0.15) is 104 Å². The summed E-state index contributed by atoms with van der Waals surface area (Å²) in [5.74, 6) is 0.340. The molecule has 0 amide bonds. The van der Waals surface area contributed by atoms with Crippen molar-refractivity contribution in [3.63, 3.8) is 0 Å². The zero-order valence-corrected chi connectivity index (χ0v) is 28.9. The number of aromatic nitrogens is 1. The molecule has 4 rings (SSSR count). The molecule has 0 saturated carbocycles. The number of cyclic esters (lactones) is 1. The molecule has 1 aromatic rings. The number of ether oxygens (including phenoxy) is 2. The Morgan fingerprint density at radius 3 is 2.56 bits per heavy atom. The van der Waals surface area contributed by atoms with Crippen LogP contribution in [0.2, 0.25) is 18.1 Å². The van der Waals surface area contributed by atoms with Crippen molar-refractivity contribution >= 4 is 31.3 Å². The average molecular weight is 605 g/mol. The fourth-order valence-corrected chi connectivity index (χ4v) is 8.32. The van der Waals surface area contributed by atoms with Crippen LogP contribution in [0.5, 0.6) is 0 Å². The predicted octanol–water partition coefficient (Wildman–Crippen LogP) is 8.16. The van der Waals surface area contributed by atoms with Crippen molar-refractivity contribution in [3.8, 4) is 0 Å². The minimum Gasteiger partial charge on any atom is -0.461 e. The number of oxime groups is 1. The number of carbonyl (C=O) groups is 1. The summed E-state index contributed by atoms with van der Waals surface area (Å²) in [7, 11) is -2.20. The van der Waals surface area contributed by atoms with Crippen molar-refractivity contribution in [2.75, 3.05) is 0 Å². The van der Waals surface area contributed by atoms with Gasteiger partial charge in [0.05, 0.1) is 46.6 Å². The van der Waals surface area contributed by atoms with Gasteiger partial charge in [-0.1, -0.05) is 65.3 Å². The molecule has 2 saturated heterocycles. The summed E-state index contributed by atoms with van der Waals surface area (Å²) in [5, 5.41) is 7.79. The fraction of sp³-hybridized carbons (Fsp3) is 0.781. The lowest BCUT2D eigenvalue weighted by molar-refractivity contribution is -0.163. The van der Waals surface area contributed by atoms with Crippen LogP contribution in [0.25, 0.3) is 0 Å². The summed E-state index contributed by atoms with van der Waals surface area (Å²) >= 11 is 1.59. The second kappa shape index (κ2) is 11.9. The highest BCUT2D eigenvalue weighted by molar-refractivity contribution is 7.09. The van der Waals surface area contributed by atoms with Gasteiger partial charge in [-0.05, 0) is 57.7 Å². The number of epoxide rings is 1. The van der Waals surface area contributed by atoms with Gasteiger partial charge in [0.15, 0.2) is 14.4 Å². The molecule has 4 heterocycles. The van der Waals surface area contributed by atoms with E-state index in [1.165, 1.54) is 0 Å². The number of nitrogens with zero attached hydrogens (tertiary/aromatic N) is 2. The Hall–Kier alpha value is -1.55. The number of hydrogen-bond acceptors (Lipinski definition) is 8. The second-order valence-electron chi connectivity index (χ2n) is 14.7. The monoisotopic (exact) mass is 604 g/mol. The fourth-order valence-electron chi connectivity index (χ4n) is 6.25. The minimum absolute atomic E-state index is 0.00121. The zero-order valence-electron chi connectivity index (χ0n) is 27.1. The van der Waals surface area contributed by atoms with Gasteiger partial charge in [-0.3, -0.25) is 4.79 Å². The number of allylic oxidation sites excluding steroid dienone is 2. The van der Waals surface area contributed by atoms with Gasteiger partial charge in [-0.15, -0.1) is 11.3 Å². The maximum atomic E-state index is 13.6. The first-order valence-corrected chi connectivity index (χ1v) is 19.1. The third-order valence-electron chi connectivity index (χ3n) is 9.97. The minimum atomic E-state index is -2.20. The van der Waals surface area contributed by atoms with Crippen LogP contribution in [-0.2, 0) is 23.5 Å². The van der Waals surface area contributed by atoms with Gasteiger partial charge in [-0.2, -0.15) is 0 Å². The van der Waals surface area contributed by atoms with Gasteiger partial charge in [0, 0.05) is 17.2 Å². The lowest BCUT2D eigenvalue weighted by Gasteiger charge is -2.49. The van der Waals surface area contributed by atoms with Crippen molar-refractivity contribution in [2.24, 2.45) is 21.9 Å². The first kappa shape index (κ1) is 32.4. The maximum absolute atomic E-state index is 13.6. The number of fused-ring (bicyclic) bond motifs is 1. The maximum Gasteiger partial charge on any atom is 0.308 e. The normalized spacial score (nSPS) is 32.5. The molecule has 0 radical (unpaired) electrons. The summed E-state index contributed by atoms with van der Waals surface area (Å²) in [6.45, 7) is 23.9. The Morgan fingerprint density at radius 1 is 1.24 bits per heavy atom. The van der Waals surface area contributed by atoms with E-state index >= 15 is 0 Å². The summed E-state index contributed by atoms with van der Waals surface area (Å²) < 4.78 is 19.5. The third kappa shape index (κ3) is 6.68. The number of aryl methyl sites for hydroxylation is 1. The standard InChI is InChI=1S/C32H52N2O5SSi/c1-12-14-20(2)15-13-16-23-24(36-23)17-26-32(9)28(22-19-40-21(3)33-22)38-34-29(32)31(7,8)25(18-27(35)37-26)39-41(10,11)30(4,5)6/h12,14,19-20,23-26,28H,13,15-18H2,1-11H3/b14-12-/t20-,23-,24+,25+,26+,28+,32-/m1/s1. The highest BCUT2D eigenvalue weighted by atomic mass is 32.1. The van der Waals surface area contributed by atoms with Crippen molar-refractivity contribution < 1.29 is 23.5 Å². The van der Waals surface area contributed by atoms with Crippen LogP contribution in [0.15, 0.2) is 22.7 Å². The van der Waals surface area contributed by atoms with E-state index in [1.54, 1.807) is 11.3 Å². The molecular formula is C32H52N2O5SSi. The highest BCUT2D eigenvalue weighted by Crippen LogP contribution is 2.56. The molecule has 7 nitrogen and oxygen atoms in total. The highest BCUT2D eigenvalue weighted by Gasteiger charge is 2.63. The summed E-state index contributed by atoms with van der Waals surface area (Å²) in [5.41, 5.74) is 0.444. The number of esters is 1. The lowest BCUT2D eigenvalue weighted by atomic mass is 9.62. The SMILES string of the molecule is C/C=C\[C@@H](C)CCC[C@H]1O[C@H]1C[C@@H]1OC(=O)C[C@H](O[Si](C)(C)C(C)(C)C)C(C)(C)C2=NO[C@@H](c3csc(C)n3)[C@]21C. The number of carbonyl (C=O) groups excluding carboxylic acids is 1. The molecule has 3 aliphatic heterocycles. The van der Waals surface area contributed by atoms with Gasteiger partial charge in [0.2, 0.25) is 0 Å². The molecule has 0 aromatic carbocycles. The van der Waals surface area contributed by atoms with Crippen molar-refractivity contribution in [3.05, 3.63) is 28.2 Å². The van der Waals surface area contributed by atoms with Gasteiger partial charge in [0.1, 0.15) is 6.10 Å². The molecule has 0 aliphatic carbocycles. The van der Waals surface area contributed by atoms with Gasteiger partial charge in [-0.25, -0.2) is 4.98 Å². The number of hydrogen-bond donors (Lipinski definition) is 0. The summed E-state index contributed by atoms with van der Waals surface area (Å²) in [6, 6.07) is 0. The molecule has 1 aromatic heterocycles. The average Bonchev–Trinajstić information content (AvgIpc) is 3.26. The molecule has 7 atom stereocenters. The Kier molecular flexibility index (Phi) is 9.35. The van der Waals surface area contributed by atoms with Crippen molar-refractivity contribution in [1.82, 2.24) is 4.98 Å². The first-order valence-electron chi connectivity index (χ1n) is 15.3. The molecule has 2 fully saturated rings. The summed E-state index contributed by atoms with van der Waals surface area (Å²) in [6.07, 6.45) is 7.43. The van der Waals surface area contributed by atoms with Crippen LogP contribution in [-0.4, -0.2) is 49.4 Å². The first-order chi connectivity index (χ1) is 19.0. The van der Waals surface area contributed by atoms with Crippen LogP contribution in [0.4, 0.5) is 0 Å². The van der Waals surface area contributed by atoms with Crippen LogP contribution >= 0.6 is 11.3 Å². The Morgan fingerprint density at radius 2 is 1.95 bits per heavy atom. The number of thiazole rings is 1. The predicted molar refractivity (Wildman–Crippen MR) is 168 cm³/mol. The number of rotatable bonds is 10. The zero-order chi connectivity index (χ0) is 30.4. The lowest BCUT2D eigenvalue weighted by Crippen LogP contribution is -2.58. The van der Waals surface area contributed by atoms with E-state index in [4.69, 9.17) is 28.9 Å². The molecule has 230 valence electrons. The molecule has 0 bridgehead atoms. The van der Waals surface area contributed by atoms with Gasteiger partial charge in [0.25, 0.3) is 0 Å². The van der Waals surface area contributed by atoms with E-state index in [2.05, 4.69) is 80.6 Å². The van der Waals surface area contributed by atoms with Crippen molar-refractivity contribution in [1.29, 1.82) is 0 Å². The second-order valence-corrected chi connectivity index (χ2v) is 20.5. The van der Waals surface area contributed by atoms with Crippen LogP contribution < -0.4 is 0 Å². The van der Waals surface area contributed by atoms with Gasteiger partial charge >= 0.3 is 5.97 Å². The molecule has 3 aliphatic rings. The molecule has 0 spiro atoms. The Bertz CT molecular complexity index is 1160. The summed E-state index contributed by atoms with van der Waals surface area (Å²) in [4.78, 5) is 24.7. The molecular weight excluding hydrogens is 553 g/mol. The largest absolute Gasteiger partial charge is 0.461 e. The Labute approximate surface area is 252 Å². The quantitative estimate of drug-likeness (QED) is 0.116. The van der Waals surface area contributed by atoms with E-state index in [0.717, 1.165) is 35.7 Å². The smallest absolute Gasteiger partial charge is 0.308 e. The molecule has 41 heavy (non-hydrogen) atoms. The molecule has 9 heteroatoms. The van der Waals surface area contributed by atoms with E-state index in [0.29, 0.717) is 12.3 Å². The van der Waals surface area contributed by atoms with E-state index in [-0.39, 0.29) is 35.7 Å². The Balaban J connectivity index is 1.62. The van der Waals surface area contributed by atoms with E-state index in [1.807, 2.05) is 12.3 Å². The molecule has 0 unspecified atom stereocenters. The third-order valence-corrected chi connectivity index (χ3v) is 15.2. The van der Waals surface area contributed by atoms with Crippen molar-refractivity contribution in [2.45, 2.75) is 143 Å². The van der Waals surface area contributed by atoms with E-state index in [9.17, 15) is 4.79 Å². The van der Waals surface area contributed by atoms with E-state index < -0.39 is 31.4 Å². The van der Waals surface area contributed by atoms with Crippen LogP contribution in [0, 0.1) is 23.7 Å².